The maximum atomic E-state index is 12.7. The third-order valence-electron chi connectivity index (χ3n) is 19.1. The van der Waals surface area contributed by atoms with Crippen molar-refractivity contribution in [3.8, 4) is 22.6 Å². The molecular formula is C77H76O12. The van der Waals surface area contributed by atoms with Crippen molar-refractivity contribution in [1.29, 1.82) is 0 Å². The molecule has 12 nitrogen and oxygen atoms in total. The van der Waals surface area contributed by atoms with E-state index in [0.717, 1.165) is 105 Å². The molecule has 6 aliphatic carbocycles. The molecule has 4 heterocycles. The minimum absolute atomic E-state index is 0. The second-order valence-electron chi connectivity index (χ2n) is 25.6. The summed E-state index contributed by atoms with van der Waals surface area (Å²) in [7, 11) is 0. The fourth-order valence-electron chi connectivity index (χ4n) is 14.6. The quantitative estimate of drug-likeness (QED) is 0.131. The van der Waals surface area contributed by atoms with Gasteiger partial charge in [-0.25, -0.2) is 0 Å². The third-order valence-corrected chi connectivity index (χ3v) is 19.1. The van der Waals surface area contributed by atoms with Crippen LogP contribution in [0.4, 0.5) is 0 Å². The van der Waals surface area contributed by atoms with E-state index in [-0.39, 0.29) is 62.3 Å². The Morgan fingerprint density at radius 1 is 0.382 bits per heavy atom. The summed E-state index contributed by atoms with van der Waals surface area (Å²) in [4.78, 5) is 100. The van der Waals surface area contributed by atoms with Crippen molar-refractivity contribution < 1.29 is 56.7 Å². The maximum Gasteiger partial charge on any atom is 0.237 e. The zero-order chi connectivity index (χ0) is 60.7. The molecule has 0 saturated carbocycles. The van der Waals surface area contributed by atoms with Crippen LogP contribution in [0.2, 0.25) is 0 Å². The molecule has 8 aliphatic rings. The van der Waals surface area contributed by atoms with Crippen molar-refractivity contribution >= 4 is 79.3 Å². The monoisotopic (exact) mass is 1190 g/mol. The van der Waals surface area contributed by atoms with Crippen LogP contribution in [-0.2, 0) is 42.7 Å². The standard InChI is InChI=1S/C19H20O3.C19H18O3.C18H14O3.C18H12O3.3CH4/c2*1-10-9-22-18-12-6-7-13-11(5-4-8-19(13,2)3)15(12)17(21)16(20)14(10)18;2*1-9-4-3-5-12-11(9)6-7-13-15(12)17(20)16(19)14-10(2)8-21-18(13)14;;;/h6-7,10H,4-5,8-9H2,1-3H3;6-7,9H,4-5,8H2,1-3H3;3-7,10H,8H2,1-2H3;3-8H,1-2H3;3*1H4/t10-;;;;;;/m0....../s1. The fourth-order valence-corrected chi connectivity index (χ4v) is 14.6. The third kappa shape index (κ3) is 9.54. The van der Waals surface area contributed by atoms with Crippen LogP contribution in [-0.4, -0.2) is 59.5 Å². The first-order valence-corrected chi connectivity index (χ1v) is 29.7. The van der Waals surface area contributed by atoms with Gasteiger partial charge in [-0.2, -0.15) is 0 Å². The fraction of sp³-hybridized carbons (Fsp3) is 0.325. The van der Waals surface area contributed by atoms with E-state index in [0.29, 0.717) is 91.9 Å². The molecular weight excluding hydrogens is 1120 g/mol. The molecule has 89 heavy (non-hydrogen) atoms. The molecule has 12 heteroatoms. The van der Waals surface area contributed by atoms with E-state index < -0.39 is 28.9 Å². The topological polar surface area (TPSA) is 181 Å². The molecule has 0 radical (unpaired) electrons. The summed E-state index contributed by atoms with van der Waals surface area (Å²) in [5.74, 6) is -0.908. The number of rotatable bonds is 0. The normalized spacial score (nSPS) is 18.9. The minimum atomic E-state index is -0.474. The lowest BCUT2D eigenvalue weighted by Gasteiger charge is -2.35. The van der Waals surface area contributed by atoms with Gasteiger partial charge in [-0.15, -0.1) is 0 Å². The number of carbonyl (C=O) groups is 8. The molecule has 0 spiro atoms. The zero-order valence-corrected chi connectivity index (χ0v) is 49.9. The summed E-state index contributed by atoms with van der Waals surface area (Å²) in [6.07, 6.45) is 9.15. The van der Waals surface area contributed by atoms with Gasteiger partial charge in [-0.05, 0) is 155 Å². The zero-order valence-electron chi connectivity index (χ0n) is 49.9. The van der Waals surface area contributed by atoms with Crippen LogP contribution < -0.4 is 0 Å². The maximum absolute atomic E-state index is 12.7. The summed E-state index contributed by atoms with van der Waals surface area (Å²) in [6, 6.07) is 27.5. The minimum Gasteiger partial charge on any atom is -0.492 e. The van der Waals surface area contributed by atoms with Crippen molar-refractivity contribution in [2.24, 2.45) is 11.8 Å². The van der Waals surface area contributed by atoms with Crippen molar-refractivity contribution in [2.45, 2.75) is 141 Å². The molecule has 2 atom stereocenters. The number of aryl methyl sites for hydroxylation is 4. The number of ether oxygens (including phenoxy) is 2. The van der Waals surface area contributed by atoms with Gasteiger partial charge in [-0.3, -0.25) is 38.4 Å². The Kier molecular flexibility index (Phi) is 16.1. The summed E-state index contributed by atoms with van der Waals surface area (Å²) < 4.78 is 22.6. The van der Waals surface area contributed by atoms with E-state index >= 15 is 0 Å². The number of hydrogen-bond acceptors (Lipinski definition) is 12. The predicted octanol–water partition coefficient (Wildman–Crippen LogP) is 17.0. The lowest BCUT2D eigenvalue weighted by atomic mass is 9.69. The number of ketones is 8. The molecule has 2 aromatic heterocycles. The molecule has 8 aromatic rings. The number of fused-ring (bicyclic) bond motifs is 18. The van der Waals surface area contributed by atoms with Crippen LogP contribution in [0.1, 0.15) is 207 Å². The molecule has 0 bridgehead atoms. The average Bonchev–Trinajstić information content (AvgIpc) is 1.78. The molecule has 456 valence electrons. The second-order valence-corrected chi connectivity index (χ2v) is 25.6. The van der Waals surface area contributed by atoms with Gasteiger partial charge in [0.15, 0.2) is 0 Å². The van der Waals surface area contributed by atoms with Crippen LogP contribution in [0.25, 0.3) is 55.7 Å². The summed E-state index contributed by atoms with van der Waals surface area (Å²) in [6.45, 7) is 21.2. The predicted molar refractivity (Wildman–Crippen MR) is 347 cm³/mol. The van der Waals surface area contributed by atoms with Gasteiger partial charge in [0.2, 0.25) is 46.3 Å². The smallest absolute Gasteiger partial charge is 0.237 e. The van der Waals surface area contributed by atoms with Crippen LogP contribution >= 0.6 is 0 Å². The Balaban J connectivity index is 0.000000129. The van der Waals surface area contributed by atoms with E-state index in [9.17, 15) is 38.4 Å². The highest BCUT2D eigenvalue weighted by Crippen LogP contribution is 2.48. The molecule has 0 fully saturated rings. The van der Waals surface area contributed by atoms with Crippen molar-refractivity contribution in [1.82, 2.24) is 0 Å². The van der Waals surface area contributed by atoms with Crippen LogP contribution in [0.15, 0.2) is 117 Å². The number of hydrogen-bond donors (Lipinski definition) is 0. The first kappa shape index (κ1) is 62.9. The summed E-state index contributed by atoms with van der Waals surface area (Å²) in [5, 5.41) is 3.64. The number of carbonyl (C=O) groups excluding carboxylic acids is 8. The highest BCUT2D eigenvalue weighted by molar-refractivity contribution is 6.56. The Bertz CT molecular complexity index is 4540. The van der Waals surface area contributed by atoms with E-state index in [4.69, 9.17) is 18.3 Å². The van der Waals surface area contributed by atoms with Crippen LogP contribution in [0.3, 0.4) is 0 Å². The molecule has 1 unspecified atom stereocenters. The molecule has 0 amide bonds. The number of benzene rings is 6. The summed E-state index contributed by atoms with van der Waals surface area (Å²) >= 11 is 0. The SMILES string of the molecule is C.C.C.C[C@H]1COC2=C1C(=O)C(=O)c1c2ccc2c1CCCC2(C)C.Cc1cccc2c3c(ccc12)C1=C(C(=O)C3=O)C(C)CO1.Cc1coc2c1C(=O)C(=O)c1c-2ccc2c(C)cccc12.Cc1coc2c1C(=O)C(=O)c1c-2ccc2c1CCCC2(C)C. The second kappa shape index (κ2) is 22.8. The molecule has 16 rings (SSSR count). The van der Waals surface area contributed by atoms with Gasteiger partial charge in [-0.1, -0.05) is 137 Å². The lowest BCUT2D eigenvalue weighted by molar-refractivity contribution is -0.112. The van der Waals surface area contributed by atoms with E-state index in [1.807, 2.05) is 100 Å². The molecule has 2 aliphatic heterocycles. The van der Waals surface area contributed by atoms with Gasteiger partial charge in [0, 0.05) is 56.3 Å². The molecule has 0 saturated heterocycles. The summed E-state index contributed by atoms with van der Waals surface area (Å²) in [5.41, 5.74) is 15.4. The van der Waals surface area contributed by atoms with Crippen molar-refractivity contribution in [2.75, 3.05) is 13.2 Å². The van der Waals surface area contributed by atoms with Crippen molar-refractivity contribution in [3.05, 3.63) is 198 Å². The van der Waals surface area contributed by atoms with E-state index in [2.05, 4.69) is 39.8 Å². The van der Waals surface area contributed by atoms with Gasteiger partial charge in [0.25, 0.3) is 0 Å². The van der Waals surface area contributed by atoms with Crippen LogP contribution in [0.5, 0.6) is 0 Å². The van der Waals surface area contributed by atoms with E-state index in [1.54, 1.807) is 20.1 Å². The Hall–Kier alpha value is -9.16. The Morgan fingerprint density at radius 2 is 0.730 bits per heavy atom. The number of furan rings is 2. The van der Waals surface area contributed by atoms with Gasteiger partial charge in [0.1, 0.15) is 23.0 Å². The average molecular weight is 1190 g/mol. The van der Waals surface area contributed by atoms with Gasteiger partial charge >= 0.3 is 0 Å². The van der Waals surface area contributed by atoms with Crippen molar-refractivity contribution in [3.63, 3.8) is 0 Å². The largest absolute Gasteiger partial charge is 0.492 e. The molecule has 0 N–H and O–H groups in total. The molecule has 6 aromatic carbocycles. The van der Waals surface area contributed by atoms with Gasteiger partial charge in [0.05, 0.1) is 48.0 Å². The van der Waals surface area contributed by atoms with Crippen LogP contribution in [0, 0.1) is 39.5 Å². The highest BCUT2D eigenvalue weighted by Gasteiger charge is 2.45. The highest BCUT2D eigenvalue weighted by atomic mass is 16.5. The van der Waals surface area contributed by atoms with Gasteiger partial charge < -0.3 is 18.3 Å². The first-order chi connectivity index (χ1) is 41.0. The van der Waals surface area contributed by atoms with E-state index in [1.165, 1.54) is 17.4 Å². The Labute approximate surface area is 519 Å². The lowest BCUT2D eigenvalue weighted by Crippen LogP contribution is -2.31. The Morgan fingerprint density at radius 3 is 1.20 bits per heavy atom. The number of Topliss-reactive ketones (excluding diaryl/α,β-unsaturated/α-hetero) is 8. The first-order valence-electron chi connectivity index (χ1n) is 29.7.